The van der Waals surface area contributed by atoms with E-state index in [1.165, 1.54) is 10.4 Å². The van der Waals surface area contributed by atoms with Crippen molar-refractivity contribution in [2.75, 3.05) is 13.6 Å². The molecule has 0 saturated carbocycles. The summed E-state index contributed by atoms with van der Waals surface area (Å²) < 4.78 is 31.6. The van der Waals surface area contributed by atoms with E-state index >= 15 is 0 Å². The molecule has 0 fully saturated rings. The predicted octanol–water partition coefficient (Wildman–Crippen LogP) is 1.30. The molecule has 6 nitrogen and oxygen atoms in total. The Bertz CT molecular complexity index is 696. The van der Waals surface area contributed by atoms with E-state index in [-0.39, 0.29) is 11.4 Å². The van der Waals surface area contributed by atoms with E-state index < -0.39 is 10.0 Å². The zero-order valence-corrected chi connectivity index (χ0v) is 12.9. The number of hydrogen-bond acceptors (Lipinski definition) is 5. The van der Waals surface area contributed by atoms with Crippen molar-refractivity contribution in [1.29, 1.82) is 0 Å². The third-order valence-corrected chi connectivity index (χ3v) is 5.19. The van der Waals surface area contributed by atoms with Crippen LogP contribution >= 0.6 is 0 Å². The summed E-state index contributed by atoms with van der Waals surface area (Å²) >= 11 is 0. The lowest BCUT2D eigenvalue weighted by atomic mass is 10.3. The van der Waals surface area contributed by atoms with Crippen molar-refractivity contribution in [1.82, 2.24) is 9.29 Å². The van der Waals surface area contributed by atoms with Gasteiger partial charge in [0.1, 0.15) is 16.4 Å². The smallest absolute Gasteiger partial charge is 0.246 e. The molecular weight excluding hydrogens is 290 g/mol. The Kier molecular flexibility index (Phi) is 4.76. The monoisotopic (exact) mass is 309 g/mol. The molecular formula is C14H19N3O3S. The third kappa shape index (κ3) is 3.49. The van der Waals surface area contributed by atoms with Crippen molar-refractivity contribution in [2.24, 2.45) is 5.73 Å². The summed E-state index contributed by atoms with van der Waals surface area (Å²) in [6.07, 6.45) is 2.24. The van der Waals surface area contributed by atoms with Crippen LogP contribution in [0.3, 0.4) is 0 Å². The largest absolute Gasteiger partial charge is 0.464 e. The quantitative estimate of drug-likeness (QED) is 0.869. The second-order valence-electron chi connectivity index (χ2n) is 4.73. The highest BCUT2D eigenvalue weighted by Gasteiger charge is 2.25. The van der Waals surface area contributed by atoms with Gasteiger partial charge in [0, 0.05) is 38.0 Å². The van der Waals surface area contributed by atoms with Gasteiger partial charge in [0.2, 0.25) is 10.0 Å². The molecule has 0 radical (unpaired) electrons. The molecule has 0 aromatic carbocycles. The van der Waals surface area contributed by atoms with Gasteiger partial charge in [-0.2, -0.15) is 0 Å². The van der Waals surface area contributed by atoms with Crippen molar-refractivity contribution in [3.8, 4) is 0 Å². The molecule has 0 spiro atoms. The van der Waals surface area contributed by atoms with Gasteiger partial charge in [0.05, 0.1) is 6.54 Å². The lowest BCUT2D eigenvalue weighted by molar-refractivity contribution is 0.459. The molecule has 2 aromatic heterocycles. The molecule has 2 N–H and O–H groups in total. The Hall–Kier alpha value is -1.70. The van der Waals surface area contributed by atoms with Crippen LogP contribution in [-0.4, -0.2) is 31.3 Å². The third-order valence-electron chi connectivity index (χ3n) is 3.22. The van der Waals surface area contributed by atoms with Crippen LogP contribution in [0.4, 0.5) is 0 Å². The number of likely N-dealkylation sites (N-methyl/N-ethyl adjacent to an activating group) is 1. The van der Waals surface area contributed by atoms with Crippen molar-refractivity contribution < 1.29 is 12.8 Å². The number of aromatic nitrogens is 1. The fourth-order valence-corrected chi connectivity index (χ4v) is 3.34. The van der Waals surface area contributed by atoms with Gasteiger partial charge in [-0.15, -0.1) is 0 Å². The van der Waals surface area contributed by atoms with Crippen LogP contribution in [0.1, 0.15) is 17.2 Å². The molecule has 7 heteroatoms. The number of pyridine rings is 1. The molecule has 2 rings (SSSR count). The van der Waals surface area contributed by atoms with Gasteiger partial charge in [-0.25, -0.2) is 12.7 Å². The molecule has 0 saturated heterocycles. The van der Waals surface area contributed by atoms with Crippen LogP contribution in [-0.2, 0) is 23.0 Å². The second-order valence-corrected chi connectivity index (χ2v) is 6.75. The molecule has 0 unspecified atom stereocenters. The number of sulfonamides is 1. The average molecular weight is 309 g/mol. The van der Waals surface area contributed by atoms with E-state index in [2.05, 4.69) is 4.98 Å². The molecule has 0 aliphatic rings. The molecule has 114 valence electrons. The van der Waals surface area contributed by atoms with Gasteiger partial charge >= 0.3 is 0 Å². The summed E-state index contributed by atoms with van der Waals surface area (Å²) in [6.45, 7) is 2.15. The topological polar surface area (TPSA) is 89.4 Å². The lowest BCUT2D eigenvalue weighted by Gasteiger charge is -2.16. The van der Waals surface area contributed by atoms with Crippen LogP contribution in [0.5, 0.6) is 0 Å². The first kappa shape index (κ1) is 15.7. The molecule has 2 aromatic rings. The van der Waals surface area contributed by atoms with Gasteiger partial charge in [-0.05, 0) is 19.1 Å². The normalized spacial score (nSPS) is 12.0. The first-order valence-corrected chi connectivity index (χ1v) is 8.04. The maximum absolute atomic E-state index is 12.5. The summed E-state index contributed by atoms with van der Waals surface area (Å²) in [4.78, 5) is 4.36. The minimum atomic E-state index is -3.57. The highest BCUT2D eigenvalue weighted by molar-refractivity contribution is 7.89. The van der Waals surface area contributed by atoms with Gasteiger partial charge in [-0.3, -0.25) is 4.98 Å². The number of nitrogens with two attached hydrogens (primary N) is 1. The number of nitrogens with zero attached hydrogens (tertiary/aromatic N) is 2. The molecule has 0 aliphatic heterocycles. The fourth-order valence-electron chi connectivity index (χ4n) is 1.99. The first-order valence-electron chi connectivity index (χ1n) is 6.60. The van der Waals surface area contributed by atoms with E-state index in [1.807, 2.05) is 18.2 Å². The summed E-state index contributed by atoms with van der Waals surface area (Å²) in [5.74, 6) is 0.823. The zero-order chi connectivity index (χ0) is 15.5. The van der Waals surface area contributed by atoms with Gasteiger partial charge < -0.3 is 10.2 Å². The molecule has 0 amide bonds. The van der Waals surface area contributed by atoms with Gasteiger partial charge in [0.25, 0.3) is 0 Å². The Balaban J connectivity index is 2.13. The standard InChI is InChI=1S/C14H19N3O3S/c1-11-14(9-13(10-15)20-11)21(18,19)17(2)8-6-12-5-3-4-7-16-12/h3-5,7,9H,6,8,10,15H2,1-2H3. The Labute approximate surface area is 124 Å². The minimum absolute atomic E-state index is 0.173. The number of hydrogen-bond donors (Lipinski definition) is 1. The van der Waals surface area contributed by atoms with E-state index in [0.717, 1.165) is 5.69 Å². The SMILES string of the molecule is Cc1oc(CN)cc1S(=O)(=O)N(C)CCc1ccccn1. The summed E-state index contributed by atoms with van der Waals surface area (Å²) in [5, 5.41) is 0. The van der Waals surface area contributed by atoms with Crippen LogP contribution < -0.4 is 5.73 Å². The van der Waals surface area contributed by atoms with Crippen LogP contribution in [0.25, 0.3) is 0 Å². The van der Waals surface area contributed by atoms with E-state index in [4.69, 9.17) is 10.2 Å². The zero-order valence-electron chi connectivity index (χ0n) is 12.1. The van der Waals surface area contributed by atoms with Gasteiger partial charge in [-0.1, -0.05) is 6.07 Å². The van der Waals surface area contributed by atoms with Crippen molar-refractivity contribution in [2.45, 2.75) is 24.8 Å². The van der Waals surface area contributed by atoms with Crippen molar-refractivity contribution in [3.05, 3.63) is 47.7 Å². The fraction of sp³-hybridized carbons (Fsp3) is 0.357. The van der Waals surface area contributed by atoms with Crippen LogP contribution in [0, 0.1) is 6.92 Å². The molecule has 2 heterocycles. The van der Waals surface area contributed by atoms with E-state index in [9.17, 15) is 8.42 Å². The van der Waals surface area contributed by atoms with Crippen molar-refractivity contribution in [3.63, 3.8) is 0 Å². The molecule has 0 bridgehead atoms. The number of rotatable bonds is 6. The Morgan fingerprint density at radius 2 is 2.14 bits per heavy atom. The van der Waals surface area contributed by atoms with E-state index in [0.29, 0.717) is 24.5 Å². The number of aryl methyl sites for hydroxylation is 1. The first-order chi connectivity index (χ1) is 9.95. The summed E-state index contributed by atoms with van der Waals surface area (Å²) in [6, 6.07) is 7.07. The van der Waals surface area contributed by atoms with Crippen LogP contribution in [0.15, 0.2) is 39.8 Å². The van der Waals surface area contributed by atoms with Crippen molar-refractivity contribution >= 4 is 10.0 Å². The minimum Gasteiger partial charge on any atom is -0.464 e. The summed E-state index contributed by atoms with van der Waals surface area (Å²) in [5.41, 5.74) is 6.33. The predicted molar refractivity (Wildman–Crippen MR) is 79.1 cm³/mol. The van der Waals surface area contributed by atoms with Crippen LogP contribution in [0.2, 0.25) is 0 Å². The lowest BCUT2D eigenvalue weighted by Crippen LogP contribution is -2.29. The maximum atomic E-state index is 12.5. The highest BCUT2D eigenvalue weighted by atomic mass is 32.2. The Morgan fingerprint density at radius 3 is 2.71 bits per heavy atom. The Morgan fingerprint density at radius 1 is 1.38 bits per heavy atom. The average Bonchev–Trinajstić information content (AvgIpc) is 2.87. The highest BCUT2D eigenvalue weighted by Crippen LogP contribution is 2.22. The maximum Gasteiger partial charge on any atom is 0.246 e. The van der Waals surface area contributed by atoms with Gasteiger partial charge in [0.15, 0.2) is 0 Å². The second kappa shape index (κ2) is 6.38. The number of furan rings is 1. The summed E-state index contributed by atoms with van der Waals surface area (Å²) in [7, 11) is -2.02. The molecule has 0 atom stereocenters. The van der Waals surface area contributed by atoms with E-state index in [1.54, 1.807) is 20.2 Å². The molecule has 0 aliphatic carbocycles. The molecule has 21 heavy (non-hydrogen) atoms.